The summed E-state index contributed by atoms with van der Waals surface area (Å²) < 4.78 is 0. The Balaban J connectivity index is 2.73. The number of thioether (sulfide) groups is 1. The number of hydrogen-bond acceptors (Lipinski definition) is 3. The van der Waals surface area contributed by atoms with E-state index >= 15 is 0 Å². The minimum atomic E-state index is -0.0893. The lowest BCUT2D eigenvalue weighted by Crippen LogP contribution is -2.36. The Hall–Kier alpha value is -1.49. The van der Waals surface area contributed by atoms with Crippen molar-refractivity contribution in [2.45, 2.75) is 51.6 Å². The Labute approximate surface area is 137 Å². The fourth-order valence-electron chi connectivity index (χ4n) is 1.74. The topological polar surface area (TPSA) is 58.2 Å². The van der Waals surface area contributed by atoms with Crippen molar-refractivity contribution in [3.8, 4) is 0 Å². The summed E-state index contributed by atoms with van der Waals surface area (Å²) in [5.41, 5.74) is 0.623. The molecule has 0 spiro atoms. The summed E-state index contributed by atoms with van der Waals surface area (Å²) >= 11 is 1.39. The first kappa shape index (κ1) is 18.6. The van der Waals surface area contributed by atoms with E-state index in [1.54, 1.807) is 6.07 Å². The Bertz CT molecular complexity index is 515. The molecular weight excluding hydrogens is 296 g/mol. The monoisotopic (exact) mass is 322 g/mol. The van der Waals surface area contributed by atoms with E-state index in [0.29, 0.717) is 17.2 Å². The third-order valence-electron chi connectivity index (χ3n) is 3.30. The standard InChI is InChI=1S/C17H26N2O2S/c1-11(2)13(5)19-17(21)14-8-6-7-9-15(14)22-10-16(20)18-12(3)4/h6-9,11-13H,10H2,1-5H3,(H,18,20)(H,19,21). The largest absolute Gasteiger partial charge is 0.353 e. The van der Waals surface area contributed by atoms with E-state index in [1.807, 2.05) is 39.0 Å². The van der Waals surface area contributed by atoms with Gasteiger partial charge in [0.05, 0.1) is 11.3 Å². The number of nitrogens with one attached hydrogen (secondary N) is 2. The number of hydrogen-bond donors (Lipinski definition) is 2. The van der Waals surface area contributed by atoms with Crippen molar-refractivity contribution >= 4 is 23.6 Å². The Morgan fingerprint density at radius 3 is 2.27 bits per heavy atom. The van der Waals surface area contributed by atoms with Crippen LogP contribution in [-0.4, -0.2) is 29.7 Å². The van der Waals surface area contributed by atoms with Crippen molar-refractivity contribution in [1.29, 1.82) is 0 Å². The Morgan fingerprint density at radius 2 is 1.68 bits per heavy atom. The Morgan fingerprint density at radius 1 is 1.05 bits per heavy atom. The molecule has 0 fully saturated rings. The highest BCUT2D eigenvalue weighted by atomic mass is 32.2. The minimum absolute atomic E-state index is 0.0224. The van der Waals surface area contributed by atoms with Gasteiger partial charge < -0.3 is 10.6 Å². The molecule has 0 radical (unpaired) electrons. The molecule has 2 N–H and O–H groups in total. The lowest BCUT2D eigenvalue weighted by atomic mass is 10.1. The van der Waals surface area contributed by atoms with Gasteiger partial charge in [-0.15, -0.1) is 11.8 Å². The smallest absolute Gasteiger partial charge is 0.252 e. The third kappa shape index (κ3) is 6.10. The van der Waals surface area contributed by atoms with Crippen molar-refractivity contribution in [3.63, 3.8) is 0 Å². The summed E-state index contributed by atoms with van der Waals surface area (Å²) in [4.78, 5) is 24.9. The van der Waals surface area contributed by atoms with Gasteiger partial charge in [-0.25, -0.2) is 0 Å². The second-order valence-electron chi connectivity index (χ2n) is 6.01. The van der Waals surface area contributed by atoms with Gasteiger partial charge >= 0.3 is 0 Å². The van der Waals surface area contributed by atoms with Crippen LogP contribution in [0.5, 0.6) is 0 Å². The van der Waals surface area contributed by atoms with Crippen LogP contribution in [0.15, 0.2) is 29.2 Å². The molecule has 0 bridgehead atoms. The van der Waals surface area contributed by atoms with Gasteiger partial charge in [0.15, 0.2) is 0 Å². The van der Waals surface area contributed by atoms with Crippen LogP contribution < -0.4 is 10.6 Å². The molecular formula is C17H26N2O2S. The molecule has 1 unspecified atom stereocenters. The Kier molecular flexibility index (Phi) is 7.45. The van der Waals surface area contributed by atoms with E-state index in [9.17, 15) is 9.59 Å². The molecule has 1 rings (SSSR count). The van der Waals surface area contributed by atoms with Crippen molar-refractivity contribution in [2.75, 3.05) is 5.75 Å². The number of carbonyl (C=O) groups excluding carboxylic acids is 2. The van der Waals surface area contributed by atoms with Gasteiger partial charge in [0.1, 0.15) is 0 Å². The maximum Gasteiger partial charge on any atom is 0.252 e. The number of rotatable bonds is 7. The van der Waals surface area contributed by atoms with Crippen LogP contribution in [0.3, 0.4) is 0 Å². The fourth-order valence-corrected chi connectivity index (χ4v) is 2.60. The van der Waals surface area contributed by atoms with Crippen molar-refractivity contribution < 1.29 is 9.59 Å². The van der Waals surface area contributed by atoms with E-state index in [0.717, 1.165) is 4.90 Å². The SMILES string of the molecule is CC(C)NC(=O)CSc1ccccc1C(=O)NC(C)C(C)C. The molecule has 0 aromatic heterocycles. The first-order valence-corrected chi connectivity index (χ1v) is 8.61. The van der Waals surface area contributed by atoms with Gasteiger partial charge in [-0.05, 0) is 38.8 Å². The van der Waals surface area contributed by atoms with E-state index in [-0.39, 0.29) is 23.9 Å². The summed E-state index contributed by atoms with van der Waals surface area (Å²) in [6.45, 7) is 9.99. The minimum Gasteiger partial charge on any atom is -0.353 e. The van der Waals surface area contributed by atoms with Gasteiger partial charge in [0, 0.05) is 17.0 Å². The highest BCUT2D eigenvalue weighted by molar-refractivity contribution is 8.00. The molecule has 0 aliphatic carbocycles. The molecule has 5 heteroatoms. The van der Waals surface area contributed by atoms with Crippen molar-refractivity contribution in [3.05, 3.63) is 29.8 Å². The van der Waals surface area contributed by atoms with Crippen LogP contribution in [0.1, 0.15) is 45.0 Å². The van der Waals surface area contributed by atoms with E-state index in [1.165, 1.54) is 11.8 Å². The normalized spacial score (nSPS) is 12.3. The van der Waals surface area contributed by atoms with Gasteiger partial charge in [0.25, 0.3) is 5.91 Å². The molecule has 1 atom stereocenters. The zero-order chi connectivity index (χ0) is 16.7. The van der Waals surface area contributed by atoms with Crippen LogP contribution in [-0.2, 0) is 4.79 Å². The maximum atomic E-state index is 12.4. The third-order valence-corrected chi connectivity index (χ3v) is 4.37. The van der Waals surface area contributed by atoms with E-state index in [2.05, 4.69) is 24.5 Å². The second kappa shape index (κ2) is 8.83. The molecule has 0 saturated heterocycles. The molecule has 0 aliphatic heterocycles. The molecule has 0 aliphatic rings. The summed E-state index contributed by atoms with van der Waals surface area (Å²) in [5, 5.41) is 5.85. The van der Waals surface area contributed by atoms with Gasteiger partial charge in [-0.1, -0.05) is 26.0 Å². The van der Waals surface area contributed by atoms with Crippen LogP contribution in [0.4, 0.5) is 0 Å². The molecule has 122 valence electrons. The fraction of sp³-hybridized carbons (Fsp3) is 0.529. The van der Waals surface area contributed by atoms with Crippen molar-refractivity contribution in [1.82, 2.24) is 10.6 Å². The summed E-state index contributed by atoms with van der Waals surface area (Å²) in [6.07, 6.45) is 0. The molecule has 2 amide bonds. The quantitative estimate of drug-likeness (QED) is 0.759. The lowest BCUT2D eigenvalue weighted by molar-refractivity contribution is -0.119. The van der Waals surface area contributed by atoms with E-state index < -0.39 is 0 Å². The molecule has 1 aromatic rings. The first-order valence-electron chi connectivity index (χ1n) is 7.63. The number of benzene rings is 1. The zero-order valence-electron chi connectivity index (χ0n) is 14.0. The highest BCUT2D eigenvalue weighted by Gasteiger charge is 2.16. The molecule has 22 heavy (non-hydrogen) atoms. The number of amides is 2. The highest BCUT2D eigenvalue weighted by Crippen LogP contribution is 2.22. The summed E-state index contributed by atoms with van der Waals surface area (Å²) in [7, 11) is 0. The van der Waals surface area contributed by atoms with Crippen LogP contribution in [0, 0.1) is 5.92 Å². The zero-order valence-corrected chi connectivity index (χ0v) is 14.8. The number of carbonyl (C=O) groups is 2. The van der Waals surface area contributed by atoms with Crippen LogP contribution in [0.2, 0.25) is 0 Å². The van der Waals surface area contributed by atoms with Crippen LogP contribution in [0.25, 0.3) is 0 Å². The maximum absolute atomic E-state index is 12.4. The summed E-state index contributed by atoms with van der Waals surface area (Å²) in [6, 6.07) is 7.62. The van der Waals surface area contributed by atoms with E-state index in [4.69, 9.17) is 0 Å². The molecule has 1 aromatic carbocycles. The molecule has 0 saturated carbocycles. The van der Waals surface area contributed by atoms with Crippen molar-refractivity contribution in [2.24, 2.45) is 5.92 Å². The summed E-state index contributed by atoms with van der Waals surface area (Å²) in [5.74, 6) is 0.572. The van der Waals surface area contributed by atoms with Gasteiger partial charge in [0.2, 0.25) is 5.91 Å². The van der Waals surface area contributed by atoms with Gasteiger partial charge in [-0.3, -0.25) is 9.59 Å². The predicted octanol–water partition coefficient (Wildman–Crippen LogP) is 3.08. The average molecular weight is 322 g/mol. The van der Waals surface area contributed by atoms with Gasteiger partial charge in [-0.2, -0.15) is 0 Å². The lowest BCUT2D eigenvalue weighted by Gasteiger charge is -2.18. The first-order chi connectivity index (χ1) is 10.3. The average Bonchev–Trinajstić information content (AvgIpc) is 2.44. The molecule has 4 nitrogen and oxygen atoms in total. The predicted molar refractivity (Wildman–Crippen MR) is 92.2 cm³/mol. The van der Waals surface area contributed by atoms with Crippen LogP contribution >= 0.6 is 11.8 Å². The molecule has 0 heterocycles. The second-order valence-corrected chi connectivity index (χ2v) is 7.03.